The highest BCUT2D eigenvalue weighted by Crippen LogP contribution is 2.24. The molecule has 2 nitrogen and oxygen atoms in total. The number of hydrogen-bond donors (Lipinski definition) is 2. The van der Waals surface area contributed by atoms with Crippen LogP contribution in [0.2, 0.25) is 0 Å². The number of halogens is 2. The van der Waals surface area contributed by atoms with E-state index in [9.17, 15) is 4.39 Å². The van der Waals surface area contributed by atoms with Gasteiger partial charge in [0.15, 0.2) is 0 Å². The number of anilines is 1. The van der Waals surface area contributed by atoms with Crippen molar-refractivity contribution in [1.29, 1.82) is 0 Å². The Hall–Kier alpha value is -0.610. The Kier molecular flexibility index (Phi) is 4.80. The quantitative estimate of drug-likeness (QED) is 0.871. The molecule has 4 heteroatoms. The summed E-state index contributed by atoms with van der Waals surface area (Å²) in [4.78, 5) is 0. The van der Waals surface area contributed by atoms with E-state index in [0.29, 0.717) is 5.56 Å². The average molecular weight is 301 g/mol. The van der Waals surface area contributed by atoms with Crippen LogP contribution in [0.15, 0.2) is 22.7 Å². The summed E-state index contributed by atoms with van der Waals surface area (Å²) in [6.45, 7) is 2.86. The van der Waals surface area contributed by atoms with Crippen LogP contribution in [0.25, 0.3) is 0 Å². The van der Waals surface area contributed by atoms with Gasteiger partial charge in [0.25, 0.3) is 0 Å². The molecule has 0 radical (unpaired) electrons. The average Bonchev–Trinajstić information content (AvgIpc) is 2.84. The molecule has 0 spiro atoms. The van der Waals surface area contributed by atoms with Crippen molar-refractivity contribution >= 4 is 21.6 Å². The number of rotatable bonds is 5. The molecule has 1 atom stereocenters. The predicted molar refractivity (Wildman–Crippen MR) is 73.0 cm³/mol. The van der Waals surface area contributed by atoms with Crippen molar-refractivity contribution in [3.05, 3.63) is 28.2 Å². The van der Waals surface area contributed by atoms with Crippen LogP contribution < -0.4 is 10.6 Å². The normalized spacial score (nSPS) is 19.5. The zero-order valence-electron chi connectivity index (χ0n) is 9.81. The fraction of sp³-hybridized carbons (Fsp3) is 0.538. The zero-order chi connectivity index (χ0) is 12.1. The van der Waals surface area contributed by atoms with Gasteiger partial charge in [-0.1, -0.05) is 6.07 Å². The van der Waals surface area contributed by atoms with Crippen LogP contribution in [0.3, 0.4) is 0 Å². The third kappa shape index (κ3) is 3.68. The molecule has 2 rings (SSSR count). The fourth-order valence-corrected chi connectivity index (χ4v) is 2.72. The minimum Gasteiger partial charge on any atom is -0.384 e. The standard InChI is InChI=1S/C13H18BrFN2/c14-12-7-11(8-15)1-2-13(12)17-6-4-10-3-5-16-9-10/h1-2,7,10,16-17H,3-6,8-9H2. The molecular weight excluding hydrogens is 283 g/mol. The molecule has 0 bridgehead atoms. The highest BCUT2D eigenvalue weighted by atomic mass is 79.9. The molecule has 0 saturated carbocycles. The Morgan fingerprint density at radius 2 is 2.35 bits per heavy atom. The molecule has 1 fully saturated rings. The van der Waals surface area contributed by atoms with Gasteiger partial charge >= 0.3 is 0 Å². The first kappa shape index (κ1) is 12.8. The van der Waals surface area contributed by atoms with Gasteiger partial charge in [-0.15, -0.1) is 0 Å². The Balaban J connectivity index is 1.81. The van der Waals surface area contributed by atoms with Crippen molar-refractivity contribution in [2.75, 3.05) is 25.0 Å². The van der Waals surface area contributed by atoms with Crippen LogP contribution in [-0.4, -0.2) is 19.6 Å². The first-order valence-corrected chi connectivity index (χ1v) is 6.88. The van der Waals surface area contributed by atoms with E-state index in [0.717, 1.165) is 35.7 Å². The number of alkyl halides is 1. The molecule has 1 aromatic carbocycles. The van der Waals surface area contributed by atoms with Gasteiger partial charge in [0.1, 0.15) is 6.67 Å². The maximum Gasteiger partial charge on any atom is 0.115 e. The third-order valence-corrected chi connectivity index (χ3v) is 3.87. The van der Waals surface area contributed by atoms with E-state index < -0.39 is 6.67 Å². The van der Waals surface area contributed by atoms with Crippen molar-refractivity contribution in [2.24, 2.45) is 5.92 Å². The Labute approximate surface area is 110 Å². The van der Waals surface area contributed by atoms with Gasteiger partial charge in [0, 0.05) is 16.7 Å². The van der Waals surface area contributed by atoms with Crippen molar-refractivity contribution in [3.8, 4) is 0 Å². The van der Waals surface area contributed by atoms with E-state index in [2.05, 4.69) is 26.6 Å². The van der Waals surface area contributed by atoms with Crippen LogP contribution in [0.5, 0.6) is 0 Å². The molecule has 1 saturated heterocycles. The molecule has 1 aliphatic heterocycles. The minimum atomic E-state index is -0.410. The lowest BCUT2D eigenvalue weighted by atomic mass is 10.1. The maximum atomic E-state index is 12.4. The van der Waals surface area contributed by atoms with Gasteiger partial charge in [0.05, 0.1) is 0 Å². The van der Waals surface area contributed by atoms with Crippen LogP contribution in [0, 0.1) is 5.92 Å². The molecule has 0 aliphatic carbocycles. The Morgan fingerprint density at radius 3 is 3.00 bits per heavy atom. The second kappa shape index (κ2) is 6.36. The fourth-order valence-electron chi connectivity index (χ4n) is 2.16. The van der Waals surface area contributed by atoms with Crippen molar-refractivity contribution in [1.82, 2.24) is 5.32 Å². The van der Waals surface area contributed by atoms with E-state index in [1.807, 2.05) is 18.2 Å². The second-order valence-corrected chi connectivity index (χ2v) is 5.38. The van der Waals surface area contributed by atoms with Gasteiger partial charge in [-0.05, 0) is 65.5 Å². The van der Waals surface area contributed by atoms with Crippen molar-refractivity contribution in [2.45, 2.75) is 19.5 Å². The van der Waals surface area contributed by atoms with Crippen LogP contribution >= 0.6 is 15.9 Å². The lowest BCUT2D eigenvalue weighted by Gasteiger charge is -2.12. The molecule has 1 aliphatic rings. The summed E-state index contributed by atoms with van der Waals surface area (Å²) in [5.41, 5.74) is 1.76. The third-order valence-electron chi connectivity index (χ3n) is 3.22. The van der Waals surface area contributed by atoms with Gasteiger partial charge in [-0.3, -0.25) is 0 Å². The molecule has 17 heavy (non-hydrogen) atoms. The molecule has 1 unspecified atom stereocenters. The minimum absolute atomic E-state index is 0.410. The molecule has 94 valence electrons. The number of nitrogens with one attached hydrogen (secondary N) is 2. The molecule has 0 amide bonds. The lowest BCUT2D eigenvalue weighted by Crippen LogP contribution is -2.12. The summed E-state index contributed by atoms with van der Waals surface area (Å²) < 4.78 is 13.4. The largest absolute Gasteiger partial charge is 0.384 e. The first-order valence-electron chi connectivity index (χ1n) is 6.08. The van der Waals surface area contributed by atoms with Crippen molar-refractivity contribution < 1.29 is 4.39 Å². The molecule has 1 aromatic rings. The summed E-state index contributed by atoms with van der Waals surface area (Å²) in [6.07, 6.45) is 2.47. The highest BCUT2D eigenvalue weighted by Gasteiger charge is 2.13. The van der Waals surface area contributed by atoms with Crippen LogP contribution in [-0.2, 0) is 6.67 Å². The maximum absolute atomic E-state index is 12.4. The van der Waals surface area contributed by atoms with Gasteiger partial charge in [-0.25, -0.2) is 4.39 Å². The van der Waals surface area contributed by atoms with Gasteiger partial charge in [-0.2, -0.15) is 0 Å². The molecule has 0 aromatic heterocycles. The van der Waals surface area contributed by atoms with Crippen molar-refractivity contribution in [3.63, 3.8) is 0 Å². The van der Waals surface area contributed by atoms with E-state index >= 15 is 0 Å². The van der Waals surface area contributed by atoms with Crippen LogP contribution in [0.4, 0.5) is 10.1 Å². The van der Waals surface area contributed by atoms with E-state index in [-0.39, 0.29) is 0 Å². The Morgan fingerprint density at radius 1 is 1.47 bits per heavy atom. The monoisotopic (exact) mass is 300 g/mol. The summed E-state index contributed by atoms with van der Waals surface area (Å²) >= 11 is 3.46. The zero-order valence-corrected chi connectivity index (χ0v) is 11.4. The number of benzene rings is 1. The van der Waals surface area contributed by atoms with Crippen LogP contribution in [0.1, 0.15) is 18.4 Å². The smallest absolute Gasteiger partial charge is 0.115 e. The topological polar surface area (TPSA) is 24.1 Å². The SMILES string of the molecule is FCc1ccc(NCCC2CCNC2)c(Br)c1. The molecule has 2 N–H and O–H groups in total. The van der Waals surface area contributed by atoms with E-state index in [1.165, 1.54) is 12.8 Å². The first-order chi connectivity index (χ1) is 8.29. The lowest BCUT2D eigenvalue weighted by molar-refractivity contribution is 0.485. The van der Waals surface area contributed by atoms with E-state index in [4.69, 9.17) is 0 Å². The summed E-state index contributed by atoms with van der Waals surface area (Å²) in [5, 5.41) is 6.76. The van der Waals surface area contributed by atoms with Gasteiger partial charge < -0.3 is 10.6 Å². The Bertz CT molecular complexity index is 364. The van der Waals surface area contributed by atoms with Gasteiger partial charge in [0.2, 0.25) is 0 Å². The highest BCUT2D eigenvalue weighted by molar-refractivity contribution is 9.10. The summed E-state index contributed by atoms with van der Waals surface area (Å²) in [5.74, 6) is 0.798. The summed E-state index contributed by atoms with van der Waals surface area (Å²) in [6, 6.07) is 5.59. The van der Waals surface area contributed by atoms with E-state index in [1.54, 1.807) is 0 Å². The molecular formula is C13H18BrFN2. The number of hydrogen-bond acceptors (Lipinski definition) is 2. The summed E-state index contributed by atoms with van der Waals surface area (Å²) in [7, 11) is 0. The predicted octanol–water partition coefficient (Wildman–Crippen LogP) is 3.33. The molecule has 1 heterocycles. The second-order valence-electron chi connectivity index (χ2n) is 4.52.